The van der Waals surface area contributed by atoms with Gasteiger partial charge in [0.2, 0.25) is 0 Å². The fourth-order valence-electron chi connectivity index (χ4n) is 1.72. The molecular formula is C11H14N2. The molecule has 2 heteroatoms. The highest BCUT2D eigenvalue weighted by Crippen LogP contribution is 2.16. The summed E-state index contributed by atoms with van der Waals surface area (Å²) < 4.78 is 2.17. The Bertz CT molecular complexity index is 466. The standard InChI is InChI=1S/C11H14N2/c1-7-5-8(2)11-12-9(3)6-13(11)10(7)4/h5-6H,1-4H3. The van der Waals surface area contributed by atoms with Crippen molar-refractivity contribution in [3.05, 3.63) is 34.8 Å². The van der Waals surface area contributed by atoms with Crippen molar-refractivity contribution < 1.29 is 0 Å². The first-order valence-corrected chi connectivity index (χ1v) is 4.52. The fourth-order valence-corrected chi connectivity index (χ4v) is 1.72. The number of nitrogens with zero attached hydrogens (tertiary/aromatic N) is 2. The lowest BCUT2D eigenvalue weighted by Crippen LogP contribution is -1.95. The predicted molar refractivity (Wildman–Crippen MR) is 54.1 cm³/mol. The quantitative estimate of drug-likeness (QED) is 0.600. The van der Waals surface area contributed by atoms with E-state index < -0.39 is 0 Å². The van der Waals surface area contributed by atoms with Gasteiger partial charge >= 0.3 is 0 Å². The third kappa shape index (κ3) is 1.13. The van der Waals surface area contributed by atoms with Crippen molar-refractivity contribution in [1.29, 1.82) is 0 Å². The molecule has 68 valence electrons. The van der Waals surface area contributed by atoms with Gasteiger partial charge in [0.05, 0.1) is 5.69 Å². The number of rotatable bonds is 0. The molecule has 0 fully saturated rings. The van der Waals surface area contributed by atoms with Crippen LogP contribution < -0.4 is 0 Å². The molecule has 0 aliphatic carbocycles. The molecule has 2 nitrogen and oxygen atoms in total. The molecule has 2 aromatic heterocycles. The highest BCUT2D eigenvalue weighted by Gasteiger charge is 2.05. The maximum atomic E-state index is 4.48. The number of aryl methyl sites for hydroxylation is 4. The predicted octanol–water partition coefficient (Wildman–Crippen LogP) is 2.57. The Morgan fingerprint density at radius 2 is 1.77 bits per heavy atom. The molecule has 0 N–H and O–H groups in total. The van der Waals surface area contributed by atoms with Gasteiger partial charge in [-0.25, -0.2) is 4.98 Å². The van der Waals surface area contributed by atoms with Gasteiger partial charge in [-0.3, -0.25) is 0 Å². The second-order valence-corrected chi connectivity index (χ2v) is 3.67. The van der Waals surface area contributed by atoms with Crippen molar-refractivity contribution in [2.24, 2.45) is 0 Å². The van der Waals surface area contributed by atoms with Crippen LogP contribution in [-0.4, -0.2) is 9.38 Å². The van der Waals surface area contributed by atoms with E-state index in [0.717, 1.165) is 11.3 Å². The second-order valence-electron chi connectivity index (χ2n) is 3.67. The third-order valence-electron chi connectivity index (χ3n) is 2.54. The van der Waals surface area contributed by atoms with Crippen molar-refractivity contribution >= 4 is 5.65 Å². The number of hydrogen-bond acceptors (Lipinski definition) is 1. The van der Waals surface area contributed by atoms with Crippen LogP contribution in [0.1, 0.15) is 22.5 Å². The van der Waals surface area contributed by atoms with Crippen molar-refractivity contribution in [2.45, 2.75) is 27.7 Å². The average Bonchev–Trinajstić information content (AvgIpc) is 2.44. The summed E-state index contributed by atoms with van der Waals surface area (Å²) in [6.45, 7) is 8.40. The Hall–Kier alpha value is -1.31. The zero-order chi connectivity index (χ0) is 9.59. The fraction of sp³-hybridized carbons (Fsp3) is 0.364. The van der Waals surface area contributed by atoms with Crippen LogP contribution in [0.25, 0.3) is 5.65 Å². The summed E-state index contributed by atoms with van der Waals surface area (Å²) in [5.74, 6) is 0. The summed E-state index contributed by atoms with van der Waals surface area (Å²) in [6, 6.07) is 2.19. The molecular weight excluding hydrogens is 160 g/mol. The zero-order valence-corrected chi connectivity index (χ0v) is 8.55. The molecule has 0 unspecified atom stereocenters. The van der Waals surface area contributed by atoms with Crippen molar-refractivity contribution in [1.82, 2.24) is 9.38 Å². The first-order chi connectivity index (χ1) is 6.09. The van der Waals surface area contributed by atoms with E-state index in [4.69, 9.17) is 0 Å². The van der Waals surface area contributed by atoms with Gasteiger partial charge in [-0.15, -0.1) is 0 Å². The number of imidazole rings is 1. The normalized spacial score (nSPS) is 11.1. The van der Waals surface area contributed by atoms with Crippen LogP contribution in [0.3, 0.4) is 0 Å². The molecule has 0 amide bonds. The molecule has 0 aliphatic rings. The van der Waals surface area contributed by atoms with E-state index in [9.17, 15) is 0 Å². The van der Waals surface area contributed by atoms with Crippen LogP contribution in [0.15, 0.2) is 12.3 Å². The molecule has 0 aromatic carbocycles. The lowest BCUT2D eigenvalue weighted by atomic mass is 10.1. The average molecular weight is 174 g/mol. The minimum absolute atomic E-state index is 1.08. The molecule has 13 heavy (non-hydrogen) atoms. The van der Waals surface area contributed by atoms with E-state index >= 15 is 0 Å². The molecule has 0 aliphatic heterocycles. The van der Waals surface area contributed by atoms with Crippen LogP contribution in [0, 0.1) is 27.7 Å². The van der Waals surface area contributed by atoms with Gasteiger partial charge in [0, 0.05) is 11.9 Å². The summed E-state index contributed by atoms with van der Waals surface area (Å²) in [4.78, 5) is 4.48. The van der Waals surface area contributed by atoms with Crippen LogP contribution >= 0.6 is 0 Å². The maximum Gasteiger partial charge on any atom is 0.140 e. The van der Waals surface area contributed by atoms with Crippen molar-refractivity contribution in [3.63, 3.8) is 0 Å². The first kappa shape index (κ1) is 8.30. The summed E-state index contributed by atoms with van der Waals surface area (Å²) in [5, 5.41) is 0. The lowest BCUT2D eigenvalue weighted by Gasteiger charge is -2.05. The number of fused-ring (bicyclic) bond motifs is 1. The van der Waals surface area contributed by atoms with Crippen molar-refractivity contribution in [3.8, 4) is 0 Å². The molecule has 0 atom stereocenters. The molecule has 0 saturated heterocycles. The summed E-state index contributed by atoms with van der Waals surface area (Å²) in [6.07, 6.45) is 2.09. The molecule has 0 saturated carbocycles. The van der Waals surface area contributed by atoms with E-state index in [1.807, 2.05) is 6.92 Å². The molecule has 2 rings (SSSR count). The highest BCUT2D eigenvalue weighted by atomic mass is 15.0. The minimum Gasteiger partial charge on any atom is -0.304 e. The molecule has 0 spiro atoms. The second kappa shape index (κ2) is 2.59. The van der Waals surface area contributed by atoms with Gasteiger partial charge in [0.15, 0.2) is 0 Å². The van der Waals surface area contributed by atoms with E-state index in [1.165, 1.54) is 16.8 Å². The van der Waals surface area contributed by atoms with Gasteiger partial charge < -0.3 is 4.40 Å². The number of hydrogen-bond donors (Lipinski definition) is 0. The monoisotopic (exact) mass is 174 g/mol. The van der Waals surface area contributed by atoms with Crippen LogP contribution in [0.5, 0.6) is 0 Å². The van der Waals surface area contributed by atoms with E-state index in [2.05, 4.69) is 42.4 Å². The smallest absolute Gasteiger partial charge is 0.140 e. The van der Waals surface area contributed by atoms with Gasteiger partial charge in [-0.1, -0.05) is 6.07 Å². The SMILES string of the molecule is Cc1cn2c(C)c(C)cc(C)c2n1. The van der Waals surface area contributed by atoms with Crippen LogP contribution in [0.2, 0.25) is 0 Å². The van der Waals surface area contributed by atoms with Crippen LogP contribution in [0.4, 0.5) is 0 Å². The Kier molecular flexibility index (Phi) is 1.65. The van der Waals surface area contributed by atoms with Crippen molar-refractivity contribution in [2.75, 3.05) is 0 Å². The third-order valence-corrected chi connectivity index (χ3v) is 2.54. The molecule has 2 aromatic rings. The Morgan fingerprint density at radius 3 is 2.46 bits per heavy atom. The highest BCUT2D eigenvalue weighted by molar-refractivity contribution is 5.51. The van der Waals surface area contributed by atoms with E-state index in [0.29, 0.717) is 0 Å². The maximum absolute atomic E-state index is 4.48. The molecule has 0 bridgehead atoms. The van der Waals surface area contributed by atoms with E-state index in [1.54, 1.807) is 0 Å². The zero-order valence-electron chi connectivity index (χ0n) is 8.55. The Labute approximate surface area is 78.2 Å². The van der Waals surface area contributed by atoms with Crippen LogP contribution in [-0.2, 0) is 0 Å². The topological polar surface area (TPSA) is 17.3 Å². The summed E-state index contributed by atoms with van der Waals surface area (Å²) >= 11 is 0. The largest absolute Gasteiger partial charge is 0.304 e. The van der Waals surface area contributed by atoms with Gasteiger partial charge in [-0.2, -0.15) is 0 Å². The summed E-state index contributed by atoms with van der Waals surface area (Å²) in [5.41, 5.74) is 6.01. The number of pyridine rings is 1. The summed E-state index contributed by atoms with van der Waals surface area (Å²) in [7, 11) is 0. The van der Waals surface area contributed by atoms with Gasteiger partial charge in [-0.05, 0) is 38.8 Å². The minimum atomic E-state index is 1.08. The first-order valence-electron chi connectivity index (χ1n) is 4.52. The van der Waals surface area contributed by atoms with Gasteiger partial charge in [0.25, 0.3) is 0 Å². The molecule has 0 radical (unpaired) electrons. The Morgan fingerprint density at radius 1 is 1.08 bits per heavy atom. The van der Waals surface area contributed by atoms with Gasteiger partial charge in [0.1, 0.15) is 5.65 Å². The number of aromatic nitrogens is 2. The Balaban J connectivity index is 2.95. The lowest BCUT2D eigenvalue weighted by molar-refractivity contribution is 1.05. The van der Waals surface area contributed by atoms with E-state index in [-0.39, 0.29) is 0 Å². The molecule has 2 heterocycles.